The maximum absolute atomic E-state index is 5.42. The van der Waals surface area contributed by atoms with Gasteiger partial charge in [0, 0.05) is 17.5 Å². The minimum Gasteiger partial charge on any atom is -0.441 e. The SMILES string of the molecule is Cc1nc(-c2ocnc2CNC(C)(C)C)cs1. The number of nitrogens with zero attached hydrogens (tertiary/aromatic N) is 2. The Labute approximate surface area is 105 Å². The average Bonchev–Trinajstić information content (AvgIpc) is 2.81. The number of thiazole rings is 1. The summed E-state index contributed by atoms with van der Waals surface area (Å²) in [6.07, 6.45) is 1.48. The Morgan fingerprint density at radius 2 is 2.18 bits per heavy atom. The van der Waals surface area contributed by atoms with E-state index in [-0.39, 0.29) is 5.54 Å². The summed E-state index contributed by atoms with van der Waals surface area (Å²) in [4.78, 5) is 8.66. The minimum absolute atomic E-state index is 0.0637. The van der Waals surface area contributed by atoms with Crippen molar-refractivity contribution >= 4 is 11.3 Å². The Morgan fingerprint density at radius 3 is 2.76 bits per heavy atom. The standard InChI is InChI=1S/C12H17N3OS/c1-8-15-10(6-17-8)11-9(13-7-16-11)5-14-12(2,3)4/h6-7,14H,5H2,1-4H3. The van der Waals surface area contributed by atoms with E-state index < -0.39 is 0 Å². The molecule has 0 saturated heterocycles. The van der Waals surface area contributed by atoms with E-state index in [1.807, 2.05) is 12.3 Å². The summed E-state index contributed by atoms with van der Waals surface area (Å²) in [5.74, 6) is 0.770. The lowest BCUT2D eigenvalue weighted by molar-refractivity contribution is 0.421. The summed E-state index contributed by atoms with van der Waals surface area (Å²) in [5, 5.41) is 6.42. The van der Waals surface area contributed by atoms with Crippen molar-refractivity contribution in [2.24, 2.45) is 0 Å². The number of aromatic nitrogens is 2. The molecule has 0 amide bonds. The van der Waals surface area contributed by atoms with Gasteiger partial charge in [0.05, 0.1) is 5.01 Å². The predicted molar refractivity (Wildman–Crippen MR) is 68.9 cm³/mol. The Hall–Kier alpha value is -1.20. The van der Waals surface area contributed by atoms with E-state index in [1.165, 1.54) is 6.39 Å². The lowest BCUT2D eigenvalue weighted by atomic mass is 10.1. The van der Waals surface area contributed by atoms with Crippen molar-refractivity contribution in [1.29, 1.82) is 0 Å². The largest absolute Gasteiger partial charge is 0.441 e. The maximum Gasteiger partial charge on any atom is 0.181 e. The third-order valence-corrected chi connectivity index (χ3v) is 3.05. The highest BCUT2D eigenvalue weighted by atomic mass is 32.1. The zero-order valence-electron chi connectivity index (χ0n) is 10.6. The highest BCUT2D eigenvalue weighted by Gasteiger charge is 2.16. The maximum atomic E-state index is 5.42. The summed E-state index contributed by atoms with van der Waals surface area (Å²) < 4.78 is 5.42. The fraction of sp³-hybridized carbons (Fsp3) is 0.500. The van der Waals surface area contributed by atoms with Crippen LogP contribution >= 0.6 is 11.3 Å². The first kappa shape index (κ1) is 12.3. The average molecular weight is 251 g/mol. The predicted octanol–water partition coefficient (Wildman–Crippen LogP) is 2.99. The van der Waals surface area contributed by atoms with E-state index >= 15 is 0 Å². The van der Waals surface area contributed by atoms with Gasteiger partial charge in [-0.05, 0) is 27.7 Å². The van der Waals surface area contributed by atoms with Gasteiger partial charge in [0.2, 0.25) is 0 Å². The van der Waals surface area contributed by atoms with Crippen molar-refractivity contribution in [3.05, 3.63) is 22.5 Å². The molecule has 0 aliphatic carbocycles. The van der Waals surface area contributed by atoms with Gasteiger partial charge in [-0.2, -0.15) is 0 Å². The van der Waals surface area contributed by atoms with E-state index in [0.717, 1.165) is 22.2 Å². The third-order valence-electron chi connectivity index (χ3n) is 2.28. The quantitative estimate of drug-likeness (QED) is 0.911. The number of rotatable bonds is 3. The van der Waals surface area contributed by atoms with Crippen molar-refractivity contribution in [3.8, 4) is 11.5 Å². The molecule has 0 unspecified atom stereocenters. The first-order valence-corrected chi connectivity index (χ1v) is 6.43. The van der Waals surface area contributed by atoms with E-state index in [0.29, 0.717) is 6.54 Å². The summed E-state index contributed by atoms with van der Waals surface area (Å²) in [7, 11) is 0. The van der Waals surface area contributed by atoms with Crippen LogP contribution in [0, 0.1) is 6.92 Å². The Bertz CT molecular complexity index is 496. The Morgan fingerprint density at radius 1 is 1.41 bits per heavy atom. The molecule has 2 heterocycles. The smallest absolute Gasteiger partial charge is 0.181 e. The molecule has 0 saturated carbocycles. The van der Waals surface area contributed by atoms with Crippen molar-refractivity contribution < 1.29 is 4.42 Å². The van der Waals surface area contributed by atoms with Gasteiger partial charge in [0.1, 0.15) is 11.4 Å². The molecule has 0 aliphatic heterocycles. The van der Waals surface area contributed by atoms with Crippen LogP contribution in [0.4, 0.5) is 0 Å². The van der Waals surface area contributed by atoms with Gasteiger partial charge in [-0.25, -0.2) is 9.97 Å². The Balaban J connectivity index is 2.17. The van der Waals surface area contributed by atoms with Crippen LogP contribution in [0.2, 0.25) is 0 Å². The summed E-state index contributed by atoms with van der Waals surface area (Å²) in [6, 6.07) is 0. The number of hydrogen-bond donors (Lipinski definition) is 1. The van der Waals surface area contributed by atoms with Gasteiger partial charge in [-0.15, -0.1) is 11.3 Å². The summed E-state index contributed by atoms with van der Waals surface area (Å²) in [5.41, 5.74) is 1.84. The van der Waals surface area contributed by atoms with Gasteiger partial charge in [-0.3, -0.25) is 0 Å². The second-order valence-electron chi connectivity index (χ2n) is 4.98. The number of oxazole rings is 1. The zero-order valence-corrected chi connectivity index (χ0v) is 11.4. The third kappa shape index (κ3) is 3.14. The van der Waals surface area contributed by atoms with Crippen LogP contribution in [0.5, 0.6) is 0 Å². The second-order valence-corrected chi connectivity index (χ2v) is 6.05. The van der Waals surface area contributed by atoms with Crippen LogP contribution < -0.4 is 5.32 Å². The van der Waals surface area contributed by atoms with Gasteiger partial charge in [0.15, 0.2) is 12.2 Å². The molecular weight excluding hydrogens is 234 g/mol. The summed E-state index contributed by atoms with van der Waals surface area (Å²) >= 11 is 1.62. The molecule has 5 heteroatoms. The molecule has 2 aromatic heterocycles. The minimum atomic E-state index is 0.0637. The molecule has 1 N–H and O–H groups in total. The Kier molecular flexibility index (Phi) is 3.31. The molecule has 0 aliphatic rings. The molecule has 0 atom stereocenters. The van der Waals surface area contributed by atoms with Gasteiger partial charge >= 0.3 is 0 Å². The van der Waals surface area contributed by atoms with Gasteiger partial charge in [0.25, 0.3) is 0 Å². The van der Waals surface area contributed by atoms with Crippen LogP contribution in [0.25, 0.3) is 11.5 Å². The van der Waals surface area contributed by atoms with Crippen LogP contribution in [0.1, 0.15) is 31.5 Å². The number of hydrogen-bond acceptors (Lipinski definition) is 5. The highest BCUT2D eigenvalue weighted by molar-refractivity contribution is 7.09. The van der Waals surface area contributed by atoms with Crippen molar-refractivity contribution in [1.82, 2.24) is 15.3 Å². The van der Waals surface area contributed by atoms with E-state index in [1.54, 1.807) is 11.3 Å². The molecular formula is C12H17N3OS. The first-order valence-electron chi connectivity index (χ1n) is 5.55. The molecule has 0 fully saturated rings. The fourth-order valence-corrected chi connectivity index (χ4v) is 2.01. The second kappa shape index (κ2) is 4.58. The van der Waals surface area contributed by atoms with Gasteiger partial charge in [-0.1, -0.05) is 0 Å². The molecule has 2 aromatic rings. The molecule has 0 bridgehead atoms. The summed E-state index contributed by atoms with van der Waals surface area (Å²) in [6.45, 7) is 9.04. The van der Waals surface area contributed by atoms with E-state index in [4.69, 9.17) is 4.42 Å². The van der Waals surface area contributed by atoms with Gasteiger partial charge < -0.3 is 9.73 Å². The molecule has 0 radical (unpaired) electrons. The molecule has 4 nitrogen and oxygen atoms in total. The number of nitrogens with one attached hydrogen (secondary N) is 1. The number of aryl methyl sites for hydroxylation is 1. The van der Waals surface area contributed by atoms with Crippen molar-refractivity contribution in [2.45, 2.75) is 39.8 Å². The highest BCUT2D eigenvalue weighted by Crippen LogP contribution is 2.24. The van der Waals surface area contributed by atoms with Crippen LogP contribution in [-0.2, 0) is 6.54 Å². The topological polar surface area (TPSA) is 51.0 Å². The monoisotopic (exact) mass is 251 g/mol. The molecule has 92 valence electrons. The zero-order chi connectivity index (χ0) is 12.5. The van der Waals surface area contributed by atoms with Crippen LogP contribution in [0.3, 0.4) is 0 Å². The van der Waals surface area contributed by atoms with E-state index in [9.17, 15) is 0 Å². The fourth-order valence-electron chi connectivity index (χ4n) is 1.42. The molecule has 2 rings (SSSR count). The molecule has 0 aromatic carbocycles. The van der Waals surface area contributed by atoms with Crippen LogP contribution in [-0.4, -0.2) is 15.5 Å². The molecule has 0 spiro atoms. The normalized spacial score (nSPS) is 12.0. The molecule has 17 heavy (non-hydrogen) atoms. The van der Waals surface area contributed by atoms with Crippen LogP contribution in [0.15, 0.2) is 16.2 Å². The van der Waals surface area contributed by atoms with E-state index in [2.05, 4.69) is 36.1 Å². The lowest BCUT2D eigenvalue weighted by Crippen LogP contribution is -2.35. The van der Waals surface area contributed by atoms with Crippen molar-refractivity contribution in [2.75, 3.05) is 0 Å². The first-order chi connectivity index (χ1) is 7.96. The van der Waals surface area contributed by atoms with Crippen molar-refractivity contribution in [3.63, 3.8) is 0 Å². The lowest BCUT2D eigenvalue weighted by Gasteiger charge is -2.19.